The van der Waals surface area contributed by atoms with Gasteiger partial charge in [0.05, 0.1) is 16.3 Å². The maximum atomic E-state index is 11.6. The second kappa shape index (κ2) is 4.84. The summed E-state index contributed by atoms with van der Waals surface area (Å²) >= 11 is 5.90. The number of hydrogen-bond donors (Lipinski definition) is 2. The minimum absolute atomic E-state index is 0.240. The first-order valence-electron chi connectivity index (χ1n) is 4.49. The van der Waals surface area contributed by atoms with E-state index in [1.807, 2.05) is 6.92 Å². The van der Waals surface area contributed by atoms with Crippen molar-refractivity contribution in [3.63, 3.8) is 0 Å². The Balaban J connectivity index is 2.82. The van der Waals surface area contributed by atoms with E-state index in [1.165, 1.54) is 0 Å². The molecule has 1 aromatic carbocycles. The molecular formula is C11H13ClN2O. The molecule has 0 bridgehead atoms. The van der Waals surface area contributed by atoms with Gasteiger partial charge in [-0.05, 0) is 19.1 Å². The number of nitrogens with two attached hydrogens (primary N) is 1. The molecule has 4 heteroatoms. The second-order valence-electron chi connectivity index (χ2n) is 3.35. The summed E-state index contributed by atoms with van der Waals surface area (Å²) in [5.41, 5.74) is 7.25. The van der Waals surface area contributed by atoms with Gasteiger partial charge in [-0.1, -0.05) is 29.8 Å². The quantitative estimate of drug-likeness (QED) is 0.611. The molecule has 0 fully saturated rings. The van der Waals surface area contributed by atoms with Gasteiger partial charge in [0.25, 0.3) is 5.91 Å². The van der Waals surface area contributed by atoms with Crippen molar-refractivity contribution >= 4 is 23.2 Å². The third-order valence-corrected chi connectivity index (χ3v) is 2.25. The first-order valence-corrected chi connectivity index (χ1v) is 4.86. The van der Waals surface area contributed by atoms with E-state index < -0.39 is 0 Å². The molecule has 3 N–H and O–H groups in total. The molecule has 0 atom stereocenters. The predicted octanol–water partition coefficient (Wildman–Crippen LogP) is 2.23. The van der Waals surface area contributed by atoms with Crippen molar-refractivity contribution in [3.05, 3.63) is 40.9 Å². The highest BCUT2D eigenvalue weighted by Gasteiger charge is 2.11. The zero-order valence-corrected chi connectivity index (χ0v) is 9.27. The number of rotatable bonds is 3. The van der Waals surface area contributed by atoms with E-state index in [2.05, 4.69) is 11.9 Å². The van der Waals surface area contributed by atoms with Crippen LogP contribution < -0.4 is 11.1 Å². The highest BCUT2D eigenvalue weighted by molar-refractivity contribution is 6.36. The molecular weight excluding hydrogens is 212 g/mol. The molecule has 1 aromatic rings. The van der Waals surface area contributed by atoms with Crippen LogP contribution in [0.15, 0.2) is 30.4 Å². The lowest BCUT2D eigenvalue weighted by Gasteiger charge is -2.07. The monoisotopic (exact) mass is 224 g/mol. The minimum atomic E-state index is -0.240. The predicted molar refractivity (Wildman–Crippen MR) is 63.0 cm³/mol. The molecule has 1 amide bonds. The summed E-state index contributed by atoms with van der Waals surface area (Å²) < 4.78 is 0. The Morgan fingerprint density at radius 2 is 2.27 bits per heavy atom. The topological polar surface area (TPSA) is 55.1 Å². The third kappa shape index (κ3) is 2.99. The molecule has 15 heavy (non-hydrogen) atoms. The normalized spacial score (nSPS) is 9.73. The van der Waals surface area contributed by atoms with Crippen LogP contribution in [0.4, 0.5) is 5.69 Å². The number of halogens is 1. The third-order valence-electron chi connectivity index (χ3n) is 1.82. The van der Waals surface area contributed by atoms with Crippen LogP contribution in [0.3, 0.4) is 0 Å². The number of hydrogen-bond acceptors (Lipinski definition) is 2. The first kappa shape index (κ1) is 11.6. The van der Waals surface area contributed by atoms with E-state index in [1.54, 1.807) is 18.2 Å². The van der Waals surface area contributed by atoms with Crippen LogP contribution >= 0.6 is 11.6 Å². The van der Waals surface area contributed by atoms with Crippen LogP contribution in [-0.4, -0.2) is 12.5 Å². The molecule has 0 unspecified atom stereocenters. The van der Waals surface area contributed by atoms with Gasteiger partial charge in [-0.15, -0.1) is 0 Å². The van der Waals surface area contributed by atoms with E-state index in [0.29, 0.717) is 17.8 Å². The Hall–Kier alpha value is -1.48. The van der Waals surface area contributed by atoms with Crippen molar-refractivity contribution in [2.75, 3.05) is 12.3 Å². The number of nitrogen functional groups attached to an aromatic ring is 1. The van der Waals surface area contributed by atoms with Crippen molar-refractivity contribution in [3.8, 4) is 0 Å². The molecule has 0 spiro atoms. The molecule has 0 saturated carbocycles. The van der Waals surface area contributed by atoms with Gasteiger partial charge < -0.3 is 11.1 Å². The number of amides is 1. The van der Waals surface area contributed by atoms with E-state index in [4.69, 9.17) is 17.3 Å². The molecule has 0 aromatic heterocycles. The van der Waals surface area contributed by atoms with Gasteiger partial charge in [0.15, 0.2) is 0 Å². The van der Waals surface area contributed by atoms with E-state index in [0.717, 1.165) is 5.57 Å². The van der Waals surface area contributed by atoms with Crippen molar-refractivity contribution in [2.45, 2.75) is 6.92 Å². The van der Waals surface area contributed by atoms with Crippen LogP contribution in [0.1, 0.15) is 17.3 Å². The molecule has 80 valence electrons. The first-order chi connectivity index (χ1) is 7.02. The standard InChI is InChI=1S/C11H13ClN2O/c1-7(2)6-14-11(15)8-4-3-5-9(13)10(8)12/h3-5H,1,6,13H2,2H3,(H,14,15). The molecule has 0 aliphatic heterocycles. The van der Waals surface area contributed by atoms with Crippen LogP contribution in [0.25, 0.3) is 0 Å². The van der Waals surface area contributed by atoms with Crippen molar-refractivity contribution < 1.29 is 4.79 Å². The van der Waals surface area contributed by atoms with E-state index in [9.17, 15) is 4.79 Å². The van der Waals surface area contributed by atoms with Crippen molar-refractivity contribution in [1.82, 2.24) is 5.32 Å². The summed E-state index contributed by atoms with van der Waals surface area (Å²) in [6, 6.07) is 4.97. The summed E-state index contributed by atoms with van der Waals surface area (Å²) in [6.45, 7) is 5.96. The number of nitrogens with one attached hydrogen (secondary N) is 1. The van der Waals surface area contributed by atoms with Gasteiger partial charge in [0, 0.05) is 6.54 Å². The summed E-state index contributed by atoms with van der Waals surface area (Å²) in [4.78, 5) is 11.6. The van der Waals surface area contributed by atoms with Gasteiger partial charge in [-0.3, -0.25) is 4.79 Å². The van der Waals surface area contributed by atoms with Crippen LogP contribution in [-0.2, 0) is 0 Å². The lowest BCUT2D eigenvalue weighted by molar-refractivity contribution is 0.0957. The lowest BCUT2D eigenvalue weighted by Crippen LogP contribution is -2.25. The molecule has 0 heterocycles. The van der Waals surface area contributed by atoms with E-state index >= 15 is 0 Å². The van der Waals surface area contributed by atoms with Gasteiger partial charge in [0.2, 0.25) is 0 Å². The summed E-state index contributed by atoms with van der Waals surface area (Å²) in [5.74, 6) is -0.240. The largest absolute Gasteiger partial charge is 0.398 e. The molecule has 0 aliphatic rings. The average Bonchev–Trinajstić information content (AvgIpc) is 2.18. The zero-order chi connectivity index (χ0) is 11.4. The Labute approximate surface area is 93.9 Å². The Morgan fingerprint density at radius 1 is 1.60 bits per heavy atom. The van der Waals surface area contributed by atoms with Crippen LogP contribution in [0.2, 0.25) is 5.02 Å². The summed E-state index contributed by atoms with van der Waals surface area (Å²) in [5, 5.41) is 2.98. The summed E-state index contributed by atoms with van der Waals surface area (Å²) in [6.07, 6.45) is 0. The number of carbonyl (C=O) groups is 1. The van der Waals surface area contributed by atoms with Crippen molar-refractivity contribution in [2.24, 2.45) is 0 Å². The molecule has 1 rings (SSSR count). The van der Waals surface area contributed by atoms with Gasteiger partial charge >= 0.3 is 0 Å². The molecule has 0 saturated heterocycles. The van der Waals surface area contributed by atoms with E-state index in [-0.39, 0.29) is 10.9 Å². The Morgan fingerprint density at radius 3 is 2.87 bits per heavy atom. The SMILES string of the molecule is C=C(C)CNC(=O)c1cccc(N)c1Cl. The lowest BCUT2D eigenvalue weighted by atomic mass is 10.2. The maximum absolute atomic E-state index is 11.6. The second-order valence-corrected chi connectivity index (χ2v) is 3.73. The van der Waals surface area contributed by atoms with Gasteiger partial charge in [-0.2, -0.15) is 0 Å². The highest BCUT2D eigenvalue weighted by atomic mass is 35.5. The molecule has 3 nitrogen and oxygen atoms in total. The fourth-order valence-electron chi connectivity index (χ4n) is 1.05. The number of anilines is 1. The number of benzene rings is 1. The van der Waals surface area contributed by atoms with Crippen LogP contribution in [0.5, 0.6) is 0 Å². The smallest absolute Gasteiger partial charge is 0.253 e. The molecule has 0 radical (unpaired) electrons. The van der Waals surface area contributed by atoms with Gasteiger partial charge in [-0.25, -0.2) is 0 Å². The number of carbonyl (C=O) groups excluding carboxylic acids is 1. The zero-order valence-electron chi connectivity index (χ0n) is 8.51. The average molecular weight is 225 g/mol. The molecule has 0 aliphatic carbocycles. The van der Waals surface area contributed by atoms with Crippen molar-refractivity contribution in [1.29, 1.82) is 0 Å². The Bertz CT molecular complexity index is 402. The fourth-order valence-corrected chi connectivity index (χ4v) is 1.26. The minimum Gasteiger partial charge on any atom is -0.398 e. The van der Waals surface area contributed by atoms with Crippen LogP contribution in [0, 0.1) is 0 Å². The summed E-state index contributed by atoms with van der Waals surface area (Å²) in [7, 11) is 0. The fraction of sp³-hybridized carbons (Fsp3) is 0.182. The maximum Gasteiger partial charge on any atom is 0.253 e. The Kier molecular flexibility index (Phi) is 3.74. The highest BCUT2D eigenvalue weighted by Crippen LogP contribution is 2.22. The van der Waals surface area contributed by atoms with Gasteiger partial charge in [0.1, 0.15) is 0 Å².